The van der Waals surface area contributed by atoms with E-state index in [-0.39, 0.29) is 60.2 Å². The van der Waals surface area contributed by atoms with Crippen LogP contribution in [0.1, 0.15) is 144 Å². The van der Waals surface area contributed by atoms with E-state index in [1.807, 2.05) is 6.92 Å². The minimum absolute atomic E-state index is 0.0123. The molecule has 0 radical (unpaired) electrons. The molecule has 6 aliphatic carbocycles. The van der Waals surface area contributed by atoms with Gasteiger partial charge in [0.15, 0.2) is 5.78 Å². The molecule has 0 aromatic heterocycles. The predicted octanol–water partition coefficient (Wildman–Crippen LogP) is 5.57. The Morgan fingerprint density at radius 1 is 1.00 bits per heavy atom. The van der Waals surface area contributed by atoms with Crippen molar-refractivity contribution in [3.63, 3.8) is 0 Å². The van der Waals surface area contributed by atoms with Gasteiger partial charge in [0.2, 0.25) is 0 Å². The van der Waals surface area contributed by atoms with E-state index in [2.05, 4.69) is 45.2 Å². The minimum Gasteiger partial charge on any atom is -0.390 e. The molecule has 1 spiro atoms. The number of unbranched alkanes of at least 4 members (excludes halogenated alkanes) is 2. The normalized spacial score (nSPS) is 49.7. The Bertz CT molecular complexity index is 1510. The lowest BCUT2D eigenvalue weighted by Gasteiger charge is -2.63. The number of ketones is 1. The molecule has 8 rings (SSSR count). The highest BCUT2D eigenvalue weighted by atomic mass is 16.6. The van der Waals surface area contributed by atoms with Gasteiger partial charge in [0.1, 0.15) is 12.3 Å². The highest BCUT2D eigenvalue weighted by molar-refractivity contribution is 5.95. The maximum absolute atomic E-state index is 14.6. The zero-order valence-electron chi connectivity index (χ0n) is 36.0. The molecule has 8 N–H and O–H groups in total. The average molecular weight is 796 g/mol. The van der Waals surface area contributed by atoms with Crippen LogP contribution in [-0.4, -0.2) is 87.2 Å². The number of hydrogen-bond donors (Lipinski definition) is 6. The Balaban J connectivity index is 1.15. The zero-order chi connectivity index (χ0) is 40.5. The standard InChI is InChI=1S/C48H78N2O7/c1-6-8-9-21-56-44(43-28(3)33-16-11-29(10-7-2)12-17-39(33)57-43)46(5,54)40-19-20-48(55)35-23-36(51)34-22-37(52)38(53)26-47(34)25-30(32-15-18-41(49)50-27-32)13-14-31(42(35)47)24-45(40,48)4/h13-14,23,28-34,37-44,50,52-55H,6-12,15-22,24-27,49H2,1-5H3/p+1/t28-,29+,30-,31-,32?,33+,34-,37+,38-,39+,40+,41?,42-,43-,44+,45+,46+,47-,48-/m0/s1. The van der Waals surface area contributed by atoms with Crippen molar-refractivity contribution in [2.45, 2.75) is 192 Å². The third-order valence-corrected chi connectivity index (χ3v) is 18.4. The molecule has 9 nitrogen and oxygen atoms in total. The summed E-state index contributed by atoms with van der Waals surface area (Å²) in [6.45, 7) is 12.5. The van der Waals surface area contributed by atoms with Gasteiger partial charge in [0, 0.05) is 30.3 Å². The maximum atomic E-state index is 14.6. The van der Waals surface area contributed by atoms with E-state index >= 15 is 0 Å². The van der Waals surface area contributed by atoms with Gasteiger partial charge in [-0.15, -0.1) is 0 Å². The molecular formula is C48H79N2O7+. The van der Waals surface area contributed by atoms with Crippen LogP contribution < -0.4 is 11.1 Å². The first-order valence-electron chi connectivity index (χ1n) is 23.8. The van der Waals surface area contributed by atoms with Gasteiger partial charge in [-0.3, -0.25) is 10.5 Å². The average Bonchev–Trinajstić information content (AvgIpc) is 3.46. The number of ether oxygens (including phenoxy) is 2. The molecule has 4 saturated carbocycles. The van der Waals surface area contributed by atoms with Crippen molar-refractivity contribution in [1.82, 2.24) is 0 Å². The second-order valence-corrected chi connectivity index (χ2v) is 21.5. The number of allylic oxidation sites excluding steroid dienone is 3. The lowest BCUT2D eigenvalue weighted by molar-refractivity contribution is -0.703. The molecule has 19 atom stereocenters. The van der Waals surface area contributed by atoms with Crippen LogP contribution in [0, 0.1) is 64.1 Å². The third kappa shape index (κ3) is 7.10. The van der Waals surface area contributed by atoms with Crippen LogP contribution in [-0.2, 0) is 14.3 Å². The fourth-order valence-corrected chi connectivity index (χ4v) is 15.4. The fourth-order valence-electron chi connectivity index (χ4n) is 15.4. The van der Waals surface area contributed by atoms with E-state index in [9.17, 15) is 25.2 Å². The summed E-state index contributed by atoms with van der Waals surface area (Å²) in [4.78, 5) is 14.6. The number of aliphatic hydroxyl groups excluding tert-OH is 2. The molecule has 8 aliphatic rings. The topological polar surface area (TPSA) is 159 Å². The summed E-state index contributed by atoms with van der Waals surface area (Å²) >= 11 is 0. The molecule has 0 bridgehead atoms. The number of carbonyl (C=O) groups excluding carboxylic acids is 1. The number of carbonyl (C=O) groups is 1. The summed E-state index contributed by atoms with van der Waals surface area (Å²) in [7, 11) is 0. The van der Waals surface area contributed by atoms with E-state index in [0.717, 1.165) is 69.4 Å². The molecule has 2 unspecified atom stereocenters. The van der Waals surface area contributed by atoms with Crippen LogP contribution in [0.3, 0.4) is 0 Å². The van der Waals surface area contributed by atoms with E-state index in [4.69, 9.17) is 15.2 Å². The van der Waals surface area contributed by atoms with E-state index < -0.39 is 46.3 Å². The Morgan fingerprint density at radius 2 is 1.77 bits per heavy atom. The molecule has 2 aliphatic heterocycles. The molecule has 6 fully saturated rings. The first-order valence-corrected chi connectivity index (χ1v) is 23.8. The monoisotopic (exact) mass is 796 g/mol. The zero-order valence-corrected chi connectivity index (χ0v) is 36.0. The van der Waals surface area contributed by atoms with Crippen LogP contribution in [0.2, 0.25) is 0 Å². The highest BCUT2D eigenvalue weighted by Crippen LogP contribution is 2.72. The predicted molar refractivity (Wildman–Crippen MR) is 220 cm³/mol. The van der Waals surface area contributed by atoms with Gasteiger partial charge < -0.3 is 35.2 Å². The molecule has 0 aromatic carbocycles. The molecular weight excluding hydrogens is 717 g/mol. The van der Waals surface area contributed by atoms with Gasteiger partial charge in [0.25, 0.3) is 0 Å². The van der Waals surface area contributed by atoms with Crippen molar-refractivity contribution >= 4 is 5.78 Å². The van der Waals surface area contributed by atoms with Gasteiger partial charge in [-0.05, 0) is 136 Å². The van der Waals surface area contributed by atoms with Crippen molar-refractivity contribution < 1.29 is 40.0 Å². The molecule has 2 heterocycles. The van der Waals surface area contributed by atoms with Crippen LogP contribution in [0.4, 0.5) is 0 Å². The van der Waals surface area contributed by atoms with Gasteiger partial charge >= 0.3 is 0 Å². The molecule has 9 heteroatoms. The molecule has 57 heavy (non-hydrogen) atoms. The van der Waals surface area contributed by atoms with E-state index in [1.165, 1.54) is 25.7 Å². The number of rotatable bonds is 11. The number of fused-ring (bicyclic) bond motifs is 3. The first kappa shape index (κ1) is 42.5. The van der Waals surface area contributed by atoms with Gasteiger partial charge in [-0.1, -0.05) is 72.0 Å². The number of quaternary nitrogens is 1. The molecule has 2 saturated heterocycles. The second kappa shape index (κ2) is 16.3. The quantitative estimate of drug-likeness (QED) is 0.117. The minimum atomic E-state index is -1.30. The molecule has 322 valence electrons. The number of aliphatic hydroxyl groups is 4. The Kier molecular flexibility index (Phi) is 12.1. The number of piperidine rings is 1. The summed E-state index contributed by atoms with van der Waals surface area (Å²) < 4.78 is 14.0. The highest BCUT2D eigenvalue weighted by Gasteiger charge is 2.73. The van der Waals surface area contributed by atoms with Crippen molar-refractivity contribution in [3.8, 4) is 0 Å². The van der Waals surface area contributed by atoms with Gasteiger partial charge in [-0.25, -0.2) is 0 Å². The molecule has 0 amide bonds. The van der Waals surface area contributed by atoms with Crippen LogP contribution in [0.25, 0.3) is 0 Å². The summed E-state index contributed by atoms with van der Waals surface area (Å²) in [5.74, 6) is 1.28. The first-order chi connectivity index (χ1) is 27.2. The van der Waals surface area contributed by atoms with Crippen molar-refractivity contribution in [3.05, 3.63) is 23.8 Å². The van der Waals surface area contributed by atoms with E-state index in [0.29, 0.717) is 44.1 Å². The Hall–Kier alpha value is -1.17. The van der Waals surface area contributed by atoms with Crippen molar-refractivity contribution in [1.29, 1.82) is 0 Å². The lowest BCUT2D eigenvalue weighted by Crippen LogP contribution is -2.95. The lowest BCUT2D eigenvalue weighted by atomic mass is 9.42. The summed E-state index contributed by atoms with van der Waals surface area (Å²) in [6, 6.07) is 0. The third-order valence-electron chi connectivity index (χ3n) is 18.4. The second-order valence-electron chi connectivity index (χ2n) is 21.5. The van der Waals surface area contributed by atoms with Crippen molar-refractivity contribution in [2.24, 2.45) is 69.8 Å². The molecule has 0 aromatic rings. The summed E-state index contributed by atoms with van der Waals surface area (Å²) in [6.07, 6.45) is 19.7. The fraction of sp³-hybridized carbons (Fsp3) is 0.896. The Labute approximate surface area is 343 Å². The van der Waals surface area contributed by atoms with Gasteiger partial charge in [-0.2, -0.15) is 0 Å². The van der Waals surface area contributed by atoms with Crippen LogP contribution in [0.15, 0.2) is 23.8 Å². The van der Waals surface area contributed by atoms with Crippen molar-refractivity contribution in [2.75, 3.05) is 13.2 Å². The van der Waals surface area contributed by atoms with Gasteiger partial charge in [0.05, 0.1) is 42.2 Å². The largest absolute Gasteiger partial charge is 0.390 e. The van der Waals surface area contributed by atoms with Crippen LogP contribution >= 0.6 is 0 Å². The Morgan fingerprint density at radius 3 is 2.51 bits per heavy atom. The maximum Gasteiger partial charge on any atom is 0.159 e. The smallest absolute Gasteiger partial charge is 0.159 e. The number of hydrogen-bond acceptors (Lipinski definition) is 8. The van der Waals surface area contributed by atoms with E-state index in [1.54, 1.807) is 6.08 Å². The van der Waals surface area contributed by atoms with Crippen LogP contribution in [0.5, 0.6) is 0 Å². The number of nitrogens with two attached hydrogens (primary N) is 2. The summed E-state index contributed by atoms with van der Waals surface area (Å²) in [5.41, 5.74) is 3.23. The SMILES string of the molecule is CCCCCO[C@H]([C@H]1O[C@@H]2CC[C@H](CCC)CC[C@@H]2[C@@H]1C)[C@](C)(O)[C@@H]1CC[C@]2(O)C3=CC(=O)[C@@H]4C[C@@H](O)[C@@H](O)C[C@@]45C[C@@H](C4CCC(N)[NH2+]C4)C=C[C@@H](C[C@]12C)[C@@H]35. The summed E-state index contributed by atoms with van der Waals surface area (Å²) in [5, 5.41) is 51.5.